The maximum absolute atomic E-state index is 12.8. The molecule has 0 radical (unpaired) electrons. The van der Waals surface area contributed by atoms with Crippen LogP contribution in [0.5, 0.6) is 0 Å². The second kappa shape index (κ2) is 6.57. The van der Waals surface area contributed by atoms with Gasteiger partial charge in [0.15, 0.2) is 0 Å². The van der Waals surface area contributed by atoms with Crippen molar-refractivity contribution in [3.05, 3.63) is 0 Å². The quantitative estimate of drug-likeness (QED) is 0.843. The molecular formula is C17H28N2O3. The van der Waals surface area contributed by atoms with E-state index in [2.05, 4.69) is 11.8 Å². The Kier molecular flexibility index (Phi) is 4.71. The summed E-state index contributed by atoms with van der Waals surface area (Å²) >= 11 is 0. The fraction of sp³-hybridized carbons (Fsp3) is 0.882. The number of hydrogen-bond donors (Lipinski definition) is 1. The second-order valence-corrected chi connectivity index (χ2v) is 7.50. The van der Waals surface area contributed by atoms with Gasteiger partial charge in [0.2, 0.25) is 5.91 Å². The molecule has 0 bridgehead atoms. The predicted octanol–water partition coefficient (Wildman–Crippen LogP) is 1.96. The average Bonchev–Trinajstić information content (AvgIpc) is 3.19. The van der Waals surface area contributed by atoms with Gasteiger partial charge in [0.05, 0.1) is 12.5 Å². The molecule has 124 valence electrons. The van der Waals surface area contributed by atoms with Crippen LogP contribution < -0.4 is 0 Å². The predicted molar refractivity (Wildman–Crippen MR) is 83.5 cm³/mol. The molecule has 5 nitrogen and oxygen atoms in total. The monoisotopic (exact) mass is 308 g/mol. The van der Waals surface area contributed by atoms with E-state index in [0.29, 0.717) is 31.6 Å². The van der Waals surface area contributed by atoms with Crippen molar-refractivity contribution >= 4 is 11.9 Å². The highest BCUT2D eigenvalue weighted by Crippen LogP contribution is 2.35. The van der Waals surface area contributed by atoms with Crippen molar-refractivity contribution in [1.82, 2.24) is 9.80 Å². The van der Waals surface area contributed by atoms with Crippen molar-refractivity contribution < 1.29 is 14.7 Å². The fourth-order valence-corrected chi connectivity index (χ4v) is 4.03. The summed E-state index contributed by atoms with van der Waals surface area (Å²) in [6.07, 6.45) is 7.71. The highest BCUT2D eigenvalue weighted by atomic mass is 16.4. The minimum absolute atomic E-state index is 0.230. The van der Waals surface area contributed by atoms with Crippen LogP contribution in [-0.4, -0.2) is 58.5 Å². The van der Waals surface area contributed by atoms with E-state index in [-0.39, 0.29) is 11.8 Å². The van der Waals surface area contributed by atoms with E-state index in [0.717, 1.165) is 38.1 Å². The van der Waals surface area contributed by atoms with Crippen LogP contribution in [0, 0.1) is 11.8 Å². The standard InChI is InChI=1S/C17H28N2O3/c1-12-2-4-14(5-3-12)19(15-6-7-15)16(20)11-18-9-8-13(10-18)17(21)22/h12-15H,2-11H2,1H3,(H,21,22). The molecule has 1 atom stereocenters. The molecule has 1 aliphatic heterocycles. The minimum atomic E-state index is -0.727. The number of carboxylic acid groups (broad SMARTS) is 1. The van der Waals surface area contributed by atoms with Crippen molar-refractivity contribution in [3.63, 3.8) is 0 Å². The number of likely N-dealkylation sites (tertiary alicyclic amines) is 1. The van der Waals surface area contributed by atoms with Gasteiger partial charge >= 0.3 is 5.97 Å². The molecule has 0 aromatic heterocycles. The van der Waals surface area contributed by atoms with Crippen LogP contribution in [-0.2, 0) is 9.59 Å². The molecule has 1 N–H and O–H groups in total. The minimum Gasteiger partial charge on any atom is -0.481 e. The average molecular weight is 308 g/mol. The highest BCUT2D eigenvalue weighted by molar-refractivity contribution is 5.79. The third kappa shape index (κ3) is 3.62. The fourth-order valence-electron chi connectivity index (χ4n) is 4.03. The van der Waals surface area contributed by atoms with Crippen molar-refractivity contribution in [2.45, 2.75) is 64.0 Å². The number of amides is 1. The Balaban J connectivity index is 1.56. The molecule has 5 heteroatoms. The van der Waals surface area contributed by atoms with Crippen LogP contribution in [0.4, 0.5) is 0 Å². The largest absolute Gasteiger partial charge is 0.481 e. The zero-order valence-corrected chi connectivity index (χ0v) is 13.5. The van der Waals surface area contributed by atoms with Gasteiger partial charge < -0.3 is 10.0 Å². The maximum atomic E-state index is 12.8. The first-order chi connectivity index (χ1) is 10.5. The van der Waals surface area contributed by atoms with E-state index in [9.17, 15) is 9.59 Å². The van der Waals surface area contributed by atoms with Crippen molar-refractivity contribution in [1.29, 1.82) is 0 Å². The van der Waals surface area contributed by atoms with Gasteiger partial charge in [-0.15, -0.1) is 0 Å². The number of rotatable bonds is 5. The molecule has 0 aromatic rings. The summed E-state index contributed by atoms with van der Waals surface area (Å²) in [5.74, 6) is 0.00313. The third-order valence-corrected chi connectivity index (χ3v) is 5.59. The lowest BCUT2D eigenvalue weighted by Gasteiger charge is -2.37. The van der Waals surface area contributed by atoms with Crippen LogP contribution in [0.25, 0.3) is 0 Å². The Labute approximate surface area is 132 Å². The molecule has 3 fully saturated rings. The summed E-state index contributed by atoms with van der Waals surface area (Å²) in [6.45, 7) is 3.98. The number of carbonyl (C=O) groups excluding carboxylic acids is 1. The molecule has 1 amide bonds. The van der Waals surface area contributed by atoms with Gasteiger partial charge in [-0.1, -0.05) is 6.92 Å². The number of aliphatic carboxylic acids is 1. The van der Waals surface area contributed by atoms with Gasteiger partial charge in [-0.3, -0.25) is 14.5 Å². The molecule has 1 unspecified atom stereocenters. The molecule has 1 heterocycles. The second-order valence-electron chi connectivity index (χ2n) is 7.50. The van der Waals surface area contributed by atoms with Crippen LogP contribution in [0.15, 0.2) is 0 Å². The van der Waals surface area contributed by atoms with Gasteiger partial charge in [-0.2, -0.15) is 0 Å². The lowest BCUT2D eigenvalue weighted by Crippen LogP contribution is -2.47. The number of nitrogens with zero attached hydrogens (tertiary/aromatic N) is 2. The lowest BCUT2D eigenvalue weighted by molar-refractivity contribution is -0.142. The van der Waals surface area contributed by atoms with Crippen LogP contribution in [0.2, 0.25) is 0 Å². The van der Waals surface area contributed by atoms with Crippen LogP contribution >= 0.6 is 0 Å². The smallest absolute Gasteiger partial charge is 0.307 e. The van der Waals surface area contributed by atoms with Gasteiger partial charge in [-0.05, 0) is 57.4 Å². The Morgan fingerprint density at radius 1 is 1.05 bits per heavy atom. The Morgan fingerprint density at radius 3 is 2.14 bits per heavy atom. The third-order valence-electron chi connectivity index (χ3n) is 5.59. The maximum Gasteiger partial charge on any atom is 0.307 e. The van der Waals surface area contributed by atoms with Crippen molar-refractivity contribution in [3.8, 4) is 0 Å². The number of hydrogen-bond acceptors (Lipinski definition) is 3. The summed E-state index contributed by atoms with van der Waals surface area (Å²) in [5.41, 5.74) is 0. The molecule has 22 heavy (non-hydrogen) atoms. The molecule has 3 rings (SSSR count). The zero-order chi connectivity index (χ0) is 15.7. The van der Waals surface area contributed by atoms with E-state index in [1.807, 2.05) is 4.90 Å². The molecule has 2 aliphatic carbocycles. The normalized spacial score (nSPS) is 32.9. The SMILES string of the molecule is CC1CCC(N(C(=O)CN2CCC(C(=O)O)C2)C2CC2)CC1. The van der Waals surface area contributed by atoms with E-state index in [1.165, 1.54) is 12.8 Å². The topological polar surface area (TPSA) is 60.9 Å². The summed E-state index contributed by atoms with van der Waals surface area (Å²) in [6, 6.07) is 0.887. The first kappa shape index (κ1) is 15.8. The first-order valence-corrected chi connectivity index (χ1v) is 8.81. The van der Waals surface area contributed by atoms with Crippen LogP contribution in [0.3, 0.4) is 0 Å². The number of carboxylic acids is 1. The zero-order valence-electron chi connectivity index (χ0n) is 13.5. The van der Waals surface area contributed by atoms with Gasteiger partial charge in [0.25, 0.3) is 0 Å². The molecule has 3 aliphatic rings. The van der Waals surface area contributed by atoms with E-state index in [1.54, 1.807) is 0 Å². The van der Waals surface area contributed by atoms with Crippen molar-refractivity contribution in [2.75, 3.05) is 19.6 Å². The van der Waals surface area contributed by atoms with Crippen molar-refractivity contribution in [2.24, 2.45) is 11.8 Å². The molecule has 0 spiro atoms. The summed E-state index contributed by atoms with van der Waals surface area (Å²) < 4.78 is 0. The van der Waals surface area contributed by atoms with Crippen LogP contribution in [0.1, 0.15) is 51.9 Å². The summed E-state index contributed by atoms with van der Waals surface area (Å²) in [7, 11) is 0. The van der Waals surface area contributed by atoms with E-state index < -0.39 is 5.97 Å². The Hall–Kier alpha value is -1.10. The highest BCUT2D eigenvalue weighted by Gasteiger charge is 2.39. The summed E-state index contributed by atoms with van der Waals surface area (Å²) in [4.78, 5) is 28.0. The number of carbonyl (C=O) groups is 2. The summed E-state index contributed by atoms with van der Waals surface area (Å²) in [5, 5.41) is 9.08. The van der Waals surface area contributed by atoms with Gasteiger partial charge in [0, 0.05) is 18.6 Å². The first-order valence-electron chi connectivity index (χ1n) is 8.81. The van der Waals surface area contributed by atoms with Gasteiger partial charge in [-0.25, -0.2) is 0 Å². The molecule has 2 saturated carbocycles. The molecule has 0 aromatic carbocycles. The lowest BCUT2D eigenvalue weighted by atomic mass is 9.86. The molecule has 1 saturated heterocycles. The Morgan fingerprint density at radius 2 is 1.64 bits per heavy atom. The van der Waals surface area contributed by atoms with E-state index >= 15 is 0 Å². The van der Waals surface area contributed by atoms with E-state index in [4.69, 9.17) is 5.11 Å². The van der Waals surface area contributed by atoms with Gasteiger partial charge in [0.1, 0.15) is 0 Å². The Bertz CT molecular complexity index is 428. The molecular weight excluding hydrogens is 280 g/mol.